The minimum atomic E-state index is -4.06. The van der Waals surface area contributed by atoms with Crippen molar-refractivity contribution in [2.45, 2.75) is 6.10 Å². The van der Waals surface area contributed by atoms with Crippen LogP contribution in [0.5, 0.6) is 0 Å². The van der Waals surface area contributed by atoms with Gasteiger partial charge in [0.05, 0.1) is 6.61 Å². The fourth-order valence-corrected chi connectivity index (χ4v) is 0.709. The van der Waals surface area contributed by atoms with Crippen LogP contribution in [-0.2, 0) is 18.4 Å². The molecule has 0 bridgehead atoms. The predicted octanol–water partition coefficient (Wildman–Crippen LogP) is -0.690. The number of aldehydes is 1. The number of carbonyl (C=O) groups is 1. The fourth-order valence-electron chi connectivity index (χ4n) is 0.263. The molecule has 66 valence electrons. The van der Waals surface area contributed by atoms with Crippen molar-refractivity contribution in [1.82, 2.24) is 0 Å². The molecule has 1 unspecified atom stereocenters. The maximum atomic E-state index is 10.5. The molecule has 0 fully saturated rings. The molecule has 2 N–H and O–H groups in total. The Bertz CT molecular complexity index is 168. The second-order valence-electron chi connectivity index (χ2n) is 1.65. The molecule has 0 aliphatic carbocycles. The molecule has 0 amide bonds. The van der Waals surface area contributed by atoms with Gasteiger partial charge in [-0.05, 0) is 0 Å². The maximum absolute atomic E-state index is 10.5. The van der Waals surface area contributed by atoms with E-state index in [1.54, 1.807) is 0 Å². The standard InChI is InChI=1S/C4H9O6P/c1-9-11(7,8)10-3-4(6)2-5/h2,4,6H,3H2,1H3,(H,7,8)/t4-/m0/s1. The van der Waals surface area contributed by atoms with E-state index >= 15 is 0 Å². The number of carbonyl (C=O) groups excluding carboxylic acids is 1. The molecule has 6 nitrogen and oxygen atoms in total. The van der Waals surface area contributed by atoms with Gasteiger partial charge in [-0.15, -0.1) is 0 Å². The molecule has 0 radical (unpaired) electrons. The molecule has 11 heavy (non-hydrogen) atoms. The molecule has 0 heterocycles. The Hall–Kier alpha value is -0.260. The summed E-state index contributed by atoms with van der Waals surface area (Å²) in [5.74, 6) is 0. The molecule has 0 rings (SSSR count). The largest absolute Gasteiger partial charge is 0.472 e. The number of phosphoric acid groups is 1. The van der Waals surface area contributed by atoms with E-state index < -0.39 is 20.5 Å². The highest BCUT2D eigenvalue weighted by molar-refractivity contribution is 7.47. The molecule has 0 aromatic carbocycles. The highest BCUT2D eigenvalue weighted by atomic mass is 31.2. The first-order chi connectivity index (χ1) is 5.02. The monoisotopic (exact) mass is 184 g/mol. The second kappa shape index (κ2) is 4.58. The molecule has 0 spiro atoms. The quantitative estimate of drug-likeness (QED) is 0.434. The van der Waals surface area contributed by atoms with Crippen LogP contribution in [0.4, 0.5) is 0 Å². The van der Waals surface area contributed by atoms with Gasteiger partial charge in [0, 0.05) is 7.11 Å². The summed E-state index contributed by atoms with van der Waals surface area (Å²) >= 11 is 0. The highest BCUT2D eigenvalue weighted by Gasteiger charge is 2.19. The zero-order chi connectivity index (χ0) is 8.91. The third-order valence-electron chi connectivity index (χ3n) is 0.796. The van der Waals surface area contributed by atoms with E-state index in [1.165, 1.54) is 0 Å². The first-order valence-corrected chi connectivity index (χ1v) is 4.18. The first kappa shape index (κ1) is 10.7. The van der Waals surface area contributed by atoms with Crippen LogP contribution in [0.25, 0.3) is 0 Å². The molecule has 7 heteroatoms. The van der Waals surface area contributed by atoms with Crippen LogP contribution < -0.4 is 0 Å². The van der Waals surface area contributed by atoms with Crippen molar-refractivity contribution in [3.05, 3.63) is 0 Å². The number of aliphatic hydroxyl groups excluding tert-OH is 1. The lowest BCUT2D eigenvalue weighted by Crippen LogP contribution is -2.15. The van der Waals surface area contributed by atoms with Crippen molar-refractivity contribution in [2.75, 3.05) is 13.7 Å². The van der Waals surface area contributed by atoms with Crippen molar-refractivity contribution in [3.63, 3.8) is 0 Å². The van der Waals surface area contributed by atoms with Gasteiger partial charge >= 0.3 is 7.82 Å². The minimum Gasteiger partial charge on any atom is -0.383 e. The number of aliphatic hydroxyl groups is 1. The van der Waals surface area contributed by atoms with Gasteiger partial charge in [-0.25, -0.2) is 4.57 Å². The normalized spacial score (nSPS) is 18.8. The van der Waals surface area contributed by atoms with Crippen molar-refractivity contribution in [1.29, 1.82) is 0 Å². The van der Waals surface area contributed by atoms with E-state index in [0.717, 1.165) is 7.11 Å². The molecular formula is C4H9O6P. The Morgan fingerprint density at radius 1 is 1.73 bits per heavy atom. The van der Waals surface area contributed by atoms with Gasteiger partial charge in [-0.1, -0.05) is 0 Å². The lowest BCUT2D eigenvalue weighted by molar-refractivity contribution is -0.116. The molecule has 0 aliphatic rings. The Labute approximate surface area is 63.4 Å². The summed E-state index contributed by atoms with van der Waals surface area (Å²) in [7, 11) is -3.08. The van der Waals surface area contributed by atoms with Gasteiger partial charge in [0.1, 0.15) is 6.10 Å². The lowest BCUT2D eigenvalue weighted by atomic mass is 10.4. The third-order valence-corrected chi connectivity index (χ3v) is 1.73. The summed E-state index contributed by atoms with van der Waals surface area (Å²) in [6, 6.07) is 0. The van der Waals surface area contributed by atoms with Crippen LogP contribution in [-0.4, -0.2) is 36.1 Å². The fraction of sp³-hybridized carbons (Fsp3) is 0.750. The van der Waals surface area contributed by atoms with Crippen LogP contribution in [0.3, 0.4) is 0 Å². The molecule has 0 saturated carbocycles. The molecule has 0 aromatic rings. The molecule has 0 aromatic heterocycles. The van der Waals surface area contributed by atoms with Crippen LogP contribution >= 0.6 is 7.82 Å². The van der Waals surface area contributed by atoms with E-state index in [9.17, 15) is 9.36 Å². The van der Waals surface area contributed by atoms with E-state index in [4.69, 9.17) is 10.00 Å². The summed E-state index contributed by atoms with van der Waals surface area (Å²) in [5.41, 5.74) is 0. The van der Waals surface area contributed by atoms with Gasteiger partial charge in [0.2, 0.25) is 0 Å². The predicted molar refractivity (Wildman–Crippen MR) is 34.9 cm³/mol. The summed E-state index contributed by atoms with van der Waals surface area (Å²) < 4.78 is 18.6. The maximum Gasteiger partial charge on any atom is 0.472 e. The van der Waals surface area contributed by atoms with Crippen LogP contribution in [0.1, 0.15) is 0 Å². The average molecular weight is 184 g/mol. The number of phosphoric ester groups is 1. The lowest BCUT2D eigenvalue weighted by Gasteiger charge is -2.09. The van der Waals surface area contributed by atoms with E-state index in [2.05, 4.69) is 9.05 Å². The average Bonchev–Trinajstić information content (AvgIpc) is 2.00. The van der Waals surface area contributed by atoms with Crippen molar-refractivity contribution < 1.29 is 28.4 Å². The number of hydrogen-bond donors (Lipinski definition) is 2. The summed E-state index contributed by atoms with van der Waals surface area (Å²) in [5, 5.41) is 8.54. The second-order valence-corrected chi connectivity index (χ2v) is 3.21. The first-order valence-electron chi connectivity index (χ1n) is 2.68. The van der Waals surface area contributed by atoms with Crippen LogP contribution in [0.2, 0.25) is 0 Å². The van der Waals surface area contributed by atoms with Gasteiger partial charge in [-0.2, -0.15) is 0 Å². The van der Waals surface area contributed by atoms with Gasteiger partial charge in [-0.3, -0.25) is 9.05 Å². The van der Waals surface area contributed by atoms with Gasteiger partial charge in [0.15, 0.2) is 6.29 Å². The topological polar surface area (TPSA) is 93.1 Å². The SMILES string of the molecule is COP(=O)(O)OC[C@@H](O)C=O. The van der Waals surface area contributed by atoms with Crippen molar-refractivity contribution >= 4 is 14.1 Å². The van der Waals surface area contributed by atoms with E-state index in [-0.39, 0.29) is 6.29 Å². The molecule has 0 aliphatic heterocycles. The Morgan fingerprint density at radius 3 is 2.64 bits per heavy atom. The molecule has 2 atom stereocenters. The van der Waals surface area contributed by atoms with Gasteiger partial charge < -0.3 is 14.8 Å². The third kappa shape index (κ3) is 5.06. The number of hydrogen-bond acceptors (Lipinski definition) is 5. The summed E-state index contributed by atoms with van der Waals surface area (Å²) in [6.07, 6.45) is -1.21. The molecule has 0 saturated heterocycles. The van der Waals surface area contributed by atoms with E-state index in [1.807, 2.05) is 0 Å². The number of rotatable bonds is 5. The minimum absolute atomic E-state index is 0.190. The van der Waals surface area contributed by atoms with Crippen LogP contribution in [0, 0.1) is 0 Å². The Balaban J connectivity index is 3.69. The summed E-state index contributed by atoms with van der Waals surface area (Å²) in [4.78, 5) is 18.3. The van der Waals surface area contributed by atoms with Crippen LogP contribution in [0.15, 0.2) is 0 Å². The Kier molecular flexibility index (Phi) is 4.48. The van der Waals surface area contributed by atoms with Crippen molar-refractivity contribution in [2.24, 2.45) is 0 Å². The molecular weight excluding hydrogens is 175 g/mol. The van der Waals surface area contributed by atoms with Gasteiger partial charge in [0.25, 0.3) is 0 Å². The van der Waals surface area contributed by atoms with E-state index in [0.29, 0.717) is 0 Å². The smallest absolute Gasteiger partial charge is 0.383 e. The highest BCUT2D eigenvalue weighted by Crippen LogP contribution is 2.41. The van der Waals surface area contributed by atoms with Crippen molar-refractivity contribution in [3.8, 4) is 0 Å². The summed E-state index contributed by atoms with van der Waals surface area (Å²) in [6.45, 7) is -0.550. The zero-order valence-corrected chi connectivity index (χ0v) is 6.73. The Morgan fingerprint density at radius 2 is 2.27 bits per heavy atom. The zero-order valence-electron chi connectivity index (χ0n) is 5.84.